The van der Waals surface area contributed by atoms with Crippen LogP contribution in [0.5, 0.6) is 11.5 Å². The third-order valence-corrected chi connectivity index (χ3v) is 5.34. The fourth-order valence-corrected chi connectivity index (χ4v) is 3.88. The maximum Gasteiger partial charge on any atom is 0.309 e. The van der Waals surface area contributed by atoms with Gasteiger partial charge >= 0.3 is 5.97 Å². The van der Waals surface area contributed by atoms with Crippen LogP contribution in [0.1, 0.15) is 38.2 Å². The second-order valence-electron chi connectivity index (χ2n) is 7.00. The number of ether oxygens (including phenoxy) is 1. The highest BCUT2D eigenvalue weighted by Crippen LogP contribution is 2.36. The quantitative estimate of drug-likeness (QED) is 0.834. The van der Waals surface area contributed by atoms with Crippen LogP contribution in [0.2, 0.25) is 0 Å². The molecular weight excluding hydrogens is 294 g/mol. The number of piperidine rings is 1. The lowest BCUT2D eigenvalue weighted by atomic mass is 9.98. The summed E-state index contributed by atoms with van der Waals surface area (Å²) in [4.78, 5) is 14.8. The molecule has 2 bridgehead atoms. The maximum atomic E-state index is 12.3. The van der Waals surface area contributed by atoms with Gasteiger partial charge in [0.15, 0.2) is 0 Å². The average Bonchev–Trinajstić information content (AvgIpc) is 2.72. The first-order valence-electron chi connectivity index (χ1n) is 8.37. The highest BCUT2D eigenvalue weighted by molar-refractivity contribution is 5.72. The number of esters is 1. The Kier molecular flexibility index (Phi) is 4.48. The summed E-state index contributed by atoms with van der Waals surface area (Å²) in [6.07, 6.45) is 4.68. The summed E-state index contributed by atoms with van der Waals surface area (Å²) in [5.41, 5.74) is 0.649. The highest BCUT2D eigenvalue weighted by Gasteiger charge is 2.40. The minimum absolute atomic E-state index is 0.0157. The van der Waals surface area contributed by atoms with E-state index in [1.807, 2.05) is 6.92 Å². The highest BCUT2D eigenvalue weighted by atomic mass is 16.5. The Morgan fingerprint density at radius 3 is 2.57 bits per heavy atom. The molecule has 3 atom stereocenters. The molecule has 0 aromatic heterocycles. The predicted octanol–water partition coefficient (Wildman–Crippen LogP) is 2.44. The lowest BCUT2D eigenvalue weighted by Gasteiger charge is -2.36. The molecule has 3 rings (SSSR count). The van der Waals surface area contributed by atoms with Crippen molar-refractivity contribution in [2.24, 2.45) is 5.92 Å². The zero-order valence-corrected chi connectivity index (χ0v) is 13.7. The van der Waals surface area contributed by atoms with Crippen LogP contribution in [0, 0.1) is 5.92 Å². The van der Waals surface area contributed by atoms with Crippen molar-refractivity contribution in [3.8, 4) is 11.5 Å². The standard InChI is InChI=1S/C18H25NO4/c1-11(7-12-3-6-15(20)10-17(12)21)18(22)23-16-8-13-4-5-14(9-16)19(13)2/h3,6,10-11,13-14,16,20-21H,4-5,7-9H2,1-2H3. The van der Waals surface area contributed by atoms with E-state index in [2.05, 4.69) is 11.9 Å². The number of phenolic OH excluding ortho intramolecular Hbond substituents is 2. The predicted molar refractivity (Wildman–Crippen MR) is 86.3 cm³/mol. The van der Waals surface area contributed by atoms with Gasteiger partial charge in [-0.05, 0) is 50.8 Å². The second-order valence-corrected chi connectivity index (χ2v) is 7.00. The lowest BCUT2D eigenvalue weighted by molar-refractivity contribution is -0.156. The van der Waals surface area contributed by atoms with Crippen molar-refractivity contribution in [3.05, 3.63) is 23.8 Å². The van der Waals surface area contributed by atoms with Crippen LogP contribution >= 0.6 is 0 Å². The number of fused-ring (bicyclic) bond motifs is 2. The summed E-state index contributed by atoms with van der Waals surface area (Å²) in [6, 6.07) is 5.54. The third-order valence-electron chi connectivity index (χ3n) is 5.34. The Labute approximate surface area is 136 Å². The summed E-state index contributed by atoms with van der Waals surface area (Å²) in [6.45, 7) is 1.82. The minimum atomic E-state index is -0.317. The lowest BCUT2D eigenvalue weighted by Crippen LogP contribution is -2.43. The van der Waals surface area contributed by atoms with E-state index in [1.54, 1.807) is 6.07 Å². The number of rotatable bonds is 4. The molecule has 0 spiro atoms. The van der Waals surface area contributed by atoms with Gasteiger partial charge in [-0.15, -0.1) is 0 Å². The number of carbonyl (C=O) groups is 1. The Morgan fingerprint density at radius 2 is 1.96 bits per heavy atom. The molecule has 2 fully saturated rings. The third kappa shape index (κ3) is 3.44. The van der Waals surface area contributed by atoms with Gasteiger partial charge in [0, 0.05) is 18.2 Å². The summed E-state index contributed by atoms with van der Waals surface area (Å²) in [5.74, 6) is -0.487. The molecule has 5 nitrogen and oxygen atoms in total. The molecule has 0 amide bonds. The number of nitrogens with zero attached hydrogens (tertiary/aromatic N) is 1. The number of phenols is 2. The smallest absolute Gasteiger partial charge is 0.309 e. The van der Waals surface area contributed by atoms with E-state index in [4.69, 9.17) is 4.74 Å². The number of aromatic hydroxyl groups is 2. The van der Waals surface area contributed by atoms with Crippen LogP contribution in [0.25, 0.3) is 0 Å². The van der Waals surface area contributed by atoms with Crippen LogP contribution in [-0.2, 0) is 16.0 Å². The van der Waals surface area contributed by atoms with Gasteiger partial charge in [0.05, 0.1) is 5.92 Å². The van der Waals surface area contributed by atoms with Gasteiger partial charge in [-0.25, -0.2) is 0 Å². The molecule has 1 aromatic rings. The zero-order chi connectivity index (χ0) is 16.6. The van der Waals surface area contributed by atoms with Gasteiger partial charge in [-0.2, -0.15) is 0 Å². The summed E-state index contributed by atoms with van der Waals surface area (Å²) < 4.78 is 5.72. The fraction of sp³-hybridized carbons (Fsp3) is 0.611. The normalized spacial score (nSPS) is 28.5. The Hall–Kier alpha value is -1.75. The Bertz CT molecular complexity index is 574. The van der Waals surface area contributed by atoms with Gasteiger partial charge in [0.2, 0.25) is 0 Å². The molecule has 1 aromatic carbocycles. The first kappa shape index (κ1) is 16.1. The molecular formula is C18H25NO4. The Balaban J connectivity index is 1.56. The van der Waals surface area contributed by atoms with Gasteiger partial charge in [-0.3, -0.25) is 4.79 Å². The minimum Gasteiger partial charge on any atom is -0.508 e. The van der Waals surface area contributed by atoms with Crippen LogP contribution in [0.4, 0.5) is 0 Å². The van der Waals surface area contributed by atoms with Crippen molar-refractivity contribution < 1.29 is 19.7 Å². The first-order chi connectivity index (χ1) is 10.9. The molecule has 0 aliphatic carbocycles. The average molecular weight is 319 g/mol. The first-order valence-corrected chi connectivity index (χ1v) is 8.37. The maximum absolute atomic E-state index is 12.3. The van der Waals surface area contributed by atoms with E-state index in [1.165, 1.54) is 25.0 Å². The molecule has 2 N–H and O–H groups in total. The van der Waals surface area contributed by atoms with Crippen LogP contribution in [0.15, 0.2) is 18.2 Å². The van der Waals surface area contributed by atoms with Gasteiger partial charge in [0.25, 0.3) is 0 Å². The molecule has 2 heterocycles. The van der Waals surface area contributed by atoms with Crippen molar-refractivity contribution in [2.75, 3.05) is 7.05 Å². The van der Waals surface area contributed by atoms with E-state index >= 15 is 0 Å². The molecule has 126 valence electrons. The van der Waals surface area contributed by atoms with Crippen LogP contribution in [0.3, 0.4) is 0 Å². The van der Waals surface area contributed by atoms with Crippen molar-refractivity contribution in [3.63, 3.8) is 0 Å². The molecule has 2 aliphatic rings. The molecule has 2 aliphatic heterocycles. The summed E-state index contributed by atoms with van der Waals surface area (Å²) in [7, 11) is 2.16. The number of hydrogen-bond acceptors (Lipinski definition) is 5. The van der Waals surface area contributed by atoms with Crippen molar-refractivity contribution in [1.29, 1.82) is 0 Å². The topological polar surface area (TPSA) is 70.0 Å². The Morgan fingerprint density at radius 1 is 1.30 bits per heavy atom. The van der Waals surface area contributed by atoms with Crippen LogP contribution in [-0.4, -0.2) is 46.3 Å². The van der Waals surface area contributed by atoms with Crippen molar-refractivity contribution in [1.82, 2.24) is 4.90 Å². The number of carbonyl (C=O) groups excluding carboxylic acids is 1. The second kappa shape index (κ2) is 6.40. The molecule has 5 heteroatoms. The molecule has 23 heavy (non-hydrogen) atoms. The van der Waals surface area contributed by atoms with E-state index in [9.17, 15) is 15.0 Å². The van der Waals surface area contributed by atoms with Crippen molar-refractivity contribution >= 4 is 5.97 Å². The molecule has 0 saturated carbocycles. The summed E-state index contributed by atoms with van der Waals surface area (Å²) >= 11 is 0. The number of benzene rings is 1. The largest absolute Gasteiger partial charge is 0.508 e. The van der Waals surface area contributed by atoms with Gasteiger partial charge < -0.3 is 19.8 Å². The van der Waals surface area contributed by atoms with E-state index in [-0.39, 0.29) is 29.5 Å². The summed E-state index contributed by atoms with van der Waals surface area (Å²) in [5, 5.41) is 19.2. The van der Waals surface area contributed by atoms with E-state index < -0.39 is 0 Å². The van der Waals surface area contributed by atoms with Gasteiger partial charge in [0.1, 0.15) is 17.6 Å². The van der Waals surface area contributed by atoms with E-state index in [0.29, 0.717) is 24.1 Å². The zero-order valence-electron chi connectivity index (χ0n) is 13.7. The van der Waals surface area contributed by atoms with E-state index in [0.717, 1.165) is 12.8 Å². The monoisotopic (exact) mass is 319 g/mol. The van der Waals surface area contributed by atoms with Crippen LogP contribution < -0.4 is 0 Å². The van der Waals surface area contributed by atoms with Crippen molar-refractivity contribution in [2.45, 2.75) is 57.2 Å². The molecule has 2 saturated heterocycles. The molecule has 3 unspecified atom stereocenters. The molecule has 0 radical (unpaired) electrons. The SMILES string of the molecule is CC(Cc1ccc(O)cc1O)C(=O)OC1CC2CCC(C1)N2C. The fourth-order valence-electron chi connectivity index (χ4n) is 3.88. The number of hydrogen-bond donors (Lipinski definition) is 2. The van der Waals surface area contributed by atoms with Gasteiger partial charge in [-0.1, -0.05) is 13.0 Å².